The minimum atomic E-state index is -0.469. The zero-order chi connectivity index (χ0) is 11.4. The maximum Gasteiger partial charge on any atom is 0.271 e. The largest absolute Gasteiger partial charge is 0.375 e. The van der Waals surface area contributed by atoms with Crippen LogP contribution in [0.3, 0.4) is 0 Å². The van der Waals surface area contributed by atoms with E-state index in [1.807, 2.05) is 0 Å². The molecule has 0 aliphatic rings. The molecule has 0 fully saturated rings. The minimum Gasteiger partial charge on any atom is -0.375 e. The zero-order valence-corrected chi connectivity index (χ0v) is 8.56. The molecule has 1 aromatic carbocycles. The molecule has 1 rings (SSSR count). The molecule has 0 heterocycles. The number of benzene rings is 1. The number of nitrogens with one attached hydrogen (secondary N) is 1. The molecular formula is C10H12N2O3. The normalized spacial score (nSPS) is 11.9. The minimum absolute atomic E-state index is 0.00996. The average molecular weight is 208 g/mol. The van der Waals surface area contributed by atoms with E-state index in [4.69, 9.17) is 0 Å². The van der Waals surface area contributed by atoms with Crippen molar-refractivity contribution in [3.63, 3.8) is 0 Å². The average Bonchev–Trinajstić information content (AvgIpc) is 2.18. The summed E-state index contributed by atoms with van der Waals surface area (Å²) in [5.74, 6) is -0.0125. The van der Waals surface area contributed by atoms with Gasteiger partial charge in [0.2, 0.25) is 0 Å². The molecule has 1 N–H and O–H groups in total. The number of carbonyl (C=O) groups excluding carboxylic acids is 1. The quantitative estimate of drug-likeness (QED) is 0.606. The van der Waals surface area contributed by atoms with E-state index in [1.165, 1.54) is 19.1 Å². The Labute approximate surface area is 87.3 Å². The summed E-state index contributed by atoms with van der Waals surface area (Å²) >= 11 is 0. The Bertz CT molecular complexity index is 390. The van der Waals surface area contributed by atoms with Gasteiger partial charge in [0.25, 0.3) is 5.69 Å². The van der Waals surface area contributed by atoms with Gasteiger partial charge in [0, 0.05) is 17.8 Å². The lowest BCUT2D eigenvalue weighted by Gasteiger charge is -2.11. The lowest BCUT2D eigenvalue weighted by molar-refractivity contribution is -0.384. The second kappa shape index (κ2) is 4.54. The van der Waals surface area contributed by atoms with Crippen LogP contribution in [-0.2, 0) is 4.79 Å². The predicted molar refractivity (Wildman–Crippen MR) is 56.9 cm³/mol. The van der Waals surface area contributed by atoms with Gasteiger partial charge < -0.3 is 5.32 Å². The number of anilines is 1. The number of Topliss-reactive ketones (excluding diaryl/α,β-unsaturated/α-hetero) is 1. The molecule has 0 radical (unpaired) electrons. The first kappa shape index (κ1) is 11.2. The lowest BCUT2D eigenvalue weighted by Crippen LogP contribution is -2.23. The zero-order valence-electron chi connectivity index (χ0n) is 8.56. The van der Waals surface area contributed by atoms with Crippen molar-refractivity contribution in [2.24, 2.45) is 0 Å². The monoisotopic (exact) mass is 208 g/mol. The maximum absolute atomic E-state index is 11.0. The summed E-state index contributed by atoms with van der Waals surface area (Å²) in [6.07, 6.45) is 0. The summed E-state index contributed by atoms with van der Waals surface area (Å²) in [6, 6.07) is 5.73. The highest BCUT2D eigenvalue weighted by atomic mass is 16.6. The van der Waals surface area contributed by atoms with Crippen LogP contribution in [0.15, 0.2) is 24.3 Å². The first-order chi connectivity index (χ1) is 7.00. The molecule has 1 aromatic rings. The third kappa shape index (κ3) is 3.05. The molecule has 5 heteroatoms. The Morgan fingerprint density at radius 2 is 2.20 bits per heavy atom. The molecule has 0 bridgehead atoms. The summed E-state index contributed by atoms with van der Waals surface area (Å²) < 4.78 is 0. The van der Waals surface area contributed by atoms with E-state index >= 15 is 0 Å². The summed E-state index contributed by atoms with van der Waals surface area (Å²) in [5, 5.41) is 13.4. The Morgan fingerprint density at radius 1 is 1.53 bits per heavy atom. The van der Waals surface area contributed by atoms with E-state index in [1.54, 1.807) is 19.1 Å². The molecule has 1 atom stereocenters. The van der Waals surface area contributed by atoms with E-state index in [9.17, 15) is 14.9 Å². The summed E-state index contributed by atoms with van der Waals surface area (Å²) in [5.41, 5.74) is 0.586. The molecule has 5 nitrogen and oxygen atoms in total. The summed E-state index contributed by atoms with van der Waals surface area (Å²) in [7, 11) is 0. The van der Waals surface area contributed by atoms with Gasteiger partial charge in [-0.1, -0.05) is 6.07 Å². The third-order valence-electron chi connectivity index (χ3n) is 2.05. The van der Waals surface area contributed by atoms with Gasteiger partial charge in [-0.15, -0.1) is 0 Å². The van der Waals surface area contributed by atoms with Crippen LogP contribution in [0.2, 0.25) is 0 Å². The van der Waals surface area contributed by atoms with Gasteiger partial charge in [-0.3, -0.25) is 14.9 Å². The van der Waals surface area contributed by atoms with Crippen LogP contribution in [0.4, 0.5) is 11.4 Å². The van der Waals surface area contributed by atoms with Crippen molar-refractivity contribution >= 4 is 17.2 Å². The fourth-order valence-corrected chi connectivity index (χ4v) is 1.06. The number of ketones is 1. The van der Waals surface area contributed by atoms with Crippen LogP contribution in [-0.4, -0.2) is 16.7 Å². The number of nitro benzene ring substituents is 1. The molecule has 0 aromatic heterocycles. The van der Waals surface area contributed by atoms with Crippen molar-refractivity contribution in [3.8, 4) is 0 Å². The van der Waals surface area contributed by atoms with Crippen LogP contribution in [0.25, 0.3) is 0 Å². The molecule has 0 saturated heterocycles. The predicted octanol–water partition coefficient (Wildman–Crippen LogP) is 1.98. The van der Waals surface area contributed by atoms with Crippen LogP contribution in [0.5, 0.6) is 0 Å². The summed E-state index contributed by atoms with van der Waals surface area (Å²) in [6.45, 7) is 3.18. The number of rotatable bonds is 4. The fraction of sp³-hybridized carbons (Fsp3) is 0.300. The Balaban J connectivity index is 2.82. The second-order valence-electron chi connectivity index (χ2n) is 3.28. The maximum atomic E-state index is 11.0. The van der Waals surface area contributed by atoms with E-state index < -0.39 is 4.92 Å². The highest BCUT2D eigenvalue weighted by Gasteiger charge is 2.09. The standard InChI is InChI=1S/C10H12N2O3/c1-7(8(2)13)11-9-4-3-5-10(6-9)12(14)15/h3-7,11H,1-2H3. The van der Waals surface area contributed by atoms with Crippen LogP contribution >= 0.6 is 0 Å². The van der Waals surface area contributed by atoms with Crippen molar-refractivity contribution in [1.82, 2.24) is 0 Å². The van der Waals surface area contributed by atoms with Crippen LogP contribution in [0, 0.1) is 10.1 Å². The van der Waals surface area contributed by atoms with Crippen molar-refractivity contribution in [2.45, 2.75) is 19.9 Å². The van der Waals surface area contributed by atoms with Gasteiger partial charge in [-0.2, -0.15) is 0 Å². The topological polar surface area (TPSA) is 72.2 Å². The molecule has 15 heavy (non-hydrogen) atoms. The summed E-state index contributed by atoms with van der Waals surface area (Å²) in [4.78, 5) is 21.0. The first-order valence-corrected chi connectivity index (χ1v) is 4.52. The Morgan fingerprint density at radius 3 is 2.73 bits per heavy atom. The SMILES string of the molecule is CC(=O)C(C)Nc1cccc([N+](=O)[O-])c1. The first-order valence-electron chi connectivity index (χ1n) is 4.52. The molecule has 1 unspecified atom stereocenters. The van der Waals surface area contributed by atoms with E-state index in [0.717, 1.165) is 0 Å². The second-order valence-corrected chi connectivity index (χ2v) is 3.28. The van der Waals surface area contributed by atoms with Gasteiger partial charge in [-0.05, 0) is 19.9 Å². The van der Waals surface area contributed by atoms with Crippen molar-refractivity contribution < 1.29 is 9.72 Å². The van der Waals surface area contributed by atoms with E-state index in [0.29, 0.717) is 5.69 Å². The van der Waals surface area contributed by atoms with Gasteiger partial charge >= 0.3 is 0 Å². The smallest absolute Gasteiger partial charge is 0.271 e. The van der Waals surface area contributed by atoms with Crippen LogP contribution in [0.1, 0.15) is 13.8 Å². The van der Waals surface area contributed by atoms with Gasteiger partial charge in [-0.25, -0.2) is 0 Å². The lowest BCUT2D eigenvalue weighted by atomic mass is 10.2. The van der Waals surface area contributed by atoms with Gasteiger partial charge in [0.05, 0.1) is 11.0 Å². The molecule has 0 amide bonds. The molecule has 0 spiro atoms. The van der Waals surface area contributed by atoms with E-state index in [2.05, 4.69) is 5.32 Å². The number of carbonyl (C=O) groups is 1. The van der Waals surface area contributed by atoms with Crippen molar-refractivity contribution in [3.05, 3.63) is 34.4 Å². The fourth-order valence-electron chi connectivity index (χ4n) is 1.06. The molecule has 0 aliphatic heterocycles. The molecular weight excluding hydrogens is 196 g/mol. The number of non-ortho nitro benzene ring substituents is 1. The molecule has 0 aliphatic carbocycles. The highest BCUT2D eigenvalue weighted by molar-refractivity contribution is 5.83. The van der Waals surface area contributed by atoms with Gasteiger partial charge in [0.15, 0.2) is 5.78 Å². The Kier molecular flexibility index (Phi) is 3.38. The van der Waals surface area contributed by atoms with Crippen molar-refractivity contribution in [2.75, 3.05) is 5.32 Å². The Hall–Kier alpha value is -1.91. The van der Waals surface area contributed by atoms with Crippen LogP contribution < -0.4 is 5.32 Å². The van der Waals surface area contributed by atoms with Crippen molar-refractivity contribution in [1.29, 1.82) is 0 Å². The number of nitro groups is 1. The number of nitrogens with zero attached hydrogens (tertiary/aromatic N) is 1. The molecule has 0 saturated carbocycles. The molecule has 80 valence electrons. The third-order valence-corrected chi connectivity index (χ3v) is 2.05. The van der Waals surface area contributed by atoms with E-state index in [-0.39, 0.29) is 17.5 Å². The number of hydrogen-bond acceptors (Lipinski definition) is 4. The highest BCUT2D eigenvalue weighted by Crippen LogP contribution is 2.17. The van der Waals surface area contributed by atoms with Gasteiger partial charge in [0.1, 0.15) is 0 Å². The number of hydrogen-bond donors (Lipinski definition) is 1.